The number of ether oxygens (including phenoxy) is 4. The fourth-order valence-corrected chi connectivity index (χ4v) is 10.8. The van der Waals surface area contributed by atoms with Crippen LogP contribution in [0, 0.1) is 17.3 Å². The highest BCUT2D eigenvalue weighted by Crippen LogP contribution is 2.60. The van der Waals surface area contributed by atoms with Crippen molar-refractivity contribution in [3.63, 3.8) is 0 Å². The summed E-state index contributed by atoms with van der Waals surface area (Å²) < 4.78 is 26.5. The van der Waals surface area contributed by atoms with Crippen LogP contribution in [0.1, 0.15) is 153 Å². The predicted octanol–water partition coefficient (Wildman–Crippen LogP) is 8.06. The molecule has 0 bridgehead atoms. The van der Waals surface area contributed by atoms with Gasteiger partial charge in [-0.2, -0.15) is 0 Å². The minimum Gasteiger partial charge on any atom is -0.456 e. The van der Waals surface area contributed by atoms with Crippen LogP contribution in [0.4, 0.5) is 0 Å². The van der Waals surface area contributed by atoms with Gasteiger partial charge in [-0.1, -0.05) is 83.2 Å². The minimum atomic E-state index is -0.826. The zero-order chi connectivity index (χ0) is 40.4. The molecule has 0 aromatic heterocycles. The lowest BCUT2D eigenvalue weighted by atomic mass is 9.52. The van der Waals surface area contributed by atoms with Gasteiger partial charge in [0.05, 0.1) is 23.9 Å². The van der Waals surface area contributed by atoms with Crippen molar-refractivity contribution in [1.82, 2.24) is 10.2 Å². The van der Waals surface area contributed by atoms with Gasteiger partial charge in [0.2, 0.25) is 11.8 Å². The molecule has 8 unspecified atom stereocenters. The molecule has 10 nitrogen and oxygen atoms in total. The van der Waals surface area contributed by atoms with Crippen LogP contribution in [0.2, 0.25) is 0 Å². The van der Waals surface area contributed by atoms with Crippen molar-refractivity contribution in [2.45, 2.75) is 179 Å². The number of carbonyl (C=O) groups excluding carboxylic acids is 3. The molecule has 2 N–H and O–H groups in total. The summed E-state index contributed by atoms with van der Waals surface area (Å²) in [5.41, 5.74) is 3.50. The summed E-state index contributed by atoms with van der Waals surface area (Å²) in [6.45, 7) is 11.8. The highest BCUT2D eigenvalue weighted by Gasteiger charge is 2.56. The normalized spacial score (nSPS) is 33.1. The Bertz CT molecular complexity index is 1680. The van der Waals surface area contributed by atoms with Gasteiger partial charge in [0, 0.05) is 37.9 Å². The first kappa shape index (κ1) is 42.1. The minimum absolute atomic E-state index is 0.00243. The zero-order valence-corrected chi connectivity index (χ0v) is 35.2. The van der Waals surface area contributed by atoms with E-state index in [1.807, 2.05) is 30.3 Å². The Labute approximate surface area is 340 Å². The molecular formula is C47H68N2O8. The maximum atomic E-state index is 14.5. The number of rotatable bonds is 15. The summed E-state index contributed by atoms with van der Waals surface area (Å²) in [6, 6.07) is 7.11. The molecule has 3 saturated heterocycles. The van der Waals surface area contributed by atoms with E-state index in [4.69, 9.17) is 18.9 Å². The van der Waals surface area contributed by atoms with Gasteiger partial charge in [-0.25, -0.2) is 4.79 Å². The number of aliphatic hydroxyl groups excluding tert-OH is 1. The van der Waals surface area contributed by atoms with E-state index in [1.54, 1.807) is 4.90 Å². The predicted molar refractivity (Wildman–Crippen MR) is 219 cm³/mol. The lowest BCUT2D eigenvalue weighted by Crippen LogP contribution is -2.49. The number of fused-ring (bicyclic) bond motifs is 3. The highest BCUT2D eigenvalue weighted by atomic mass is 16.8. The first-order valence-electron chi connectivity index (χ1n) is 22.3. The summed E-state index contributed by atoms with van der Waals surface area (Å²) in [6.07, 6.45) is 16.9. The van der Waals surface area contributed by atoms with Gasteiger partial charge >= 0.3 is 5.97 Å². The Balaban J connectivity index is 1.16. The number of benzene rings is 1. The van der Waals surface area contributed by atoms with E-state index in [0.29, 0.717) is 48.5 Å². The maximum absolute atomic E-state index is 14.5. The van der Waals surface area contributed by atoms with E-state index in [2.05, 4.69) is 46.0 Å². The van der Waals surface area contributed by atoms with Crippen LogP contribution in [0.15, 0.2) is 41.5 Å². The number of nitrogens with zero attached hydrogens (tertiary/aromatic N) is 1. The number of likely N-dealkylation sites (tertiary alicyclic amines) is 1. The SMILES string of the molecule is CCCCCC1(CCCCC)OC2C=C(C(=O)N3CCCC3C(=O)NCCO)CC(OC(=O)c3ccccc3C=C3CCC4OC4(C)CCC4C3CC4(C)C)C2O1. The molecule has 5 fully saturated rings. The first-order chi connectivity index (χ1) is 27.4. The summed E-state index contributed by atoms with van der Waals surface area (Å²) in [5, 5.41) is 12.0. The number of unbranched alkanes of at least 4 members (excludes halogenated alkanes) is 4. The van der Waals surface area contributed by atoms with Crippen LogP contribution in [0.25, 0.3) is 6.08 Å². The molecule has 0 spiro atoms. The van der Waals surface area contributed by atoms with E-state index >= 15 is 0 Å². The van der Waals surface area contributed by atoms with Crippen molar-refractivity contribution >= 4 is 23.9 Å². The average molecular weight is 789 g/mol. The zero-order valence-electron chi connectivity index (χ0n) is 35.2. The second kappa shape index (κ2) is 17.7. The van der Waals surface area contributed by atoms with Gasteiger partial charge in [0.1, 0.15) is 24.4 Å². The van der Waals surface area contributed by atoms with Crippen LogP contribution < -0.4 is 5.32 Å². The van der Waals surface area contributed by atoms with E-state index < -0.39 is 36.1 Å². The number of epoxide rings is 1. The molecule has 2 amide bonds. The molecule has 0 radical (unpaired) electrons. The third kappa shape index (κ3) is 9.09. The molecule has 314 valence electrons. The molecule has 57 heavy (non-hydrogen) atoms. The number of nitrogens with one attached hydrogen (secondary N) is 1. The lowest BCUT2D eigenvalue weighted by molar-refractivity contribution is -0.190. The highest BCUT2D eigenvalue weighted by molar-refractivity contribution is 5.98. The molecular weight excluding hydrogens is 721 g/mol. The Morgan fingerprint density at radius 3 is 2.46 bits per heavy atom. The largest absolute Gasteiger partial charge is 0.456 e. The molecule has 3 aliphatic carbocycles. The molecule has 6 aliphatic rings. The van der Waals surface area contributed by atoms with E-state index in [-0.39, 0.29) is 42.4 Å². The van der Waals surface area contributed by atoms with E-state index in [0.717, 1.165) is 89.0 Å². The Hall–Kier alpha value is -3.05. The lowest BCUT2D eigenvalue weighted by Gasteiger charge is -2.53. The molecule has 3 aliphatic heterocycles. The Kier molecular flexibility index (Phi) is 13.0. The van der Waals surface area contributed by atoms with Crippen molar-refractivity contribution in [3.05, 3.63) is 52.6 Å². The molecule has 8 atom stereocenters. The third-order valence-corrected chi connectivity index (χ3v) is 14.2. The number of hydrogen-bond donors (Lipinski definition) is 2. The summed E-state index contributed by atoms with van der Waals surface area (Å²) in [5.74, 6) is -0.705. The van der Waals surface area contributed by atoms with Gasteiger partial charge in [0.15, 0.2) is 5.79 Å². The van der Waals surface area contributed by atoms with Crippen molar-refractivity contribution in [2.75, 3.05) is 19.7 Å². The molecule has 1 aromatic rings. The smallest absolute Gasteiger partial charge is 0.339 e. The van der Waals surface area contributed by atoms with Gasteiger partial charge in [-0.15, -0.1) is 0 Å². The Morgan fingerprint density at radius 2 is 1.74 bits per heavy atom. The van der Waals surface area contributed by atoms with Gasteiger partial charge in [-0.3, -0.25) is 9.59 Å². The summed E-state index contributed by atoms with van der Waals surface area (Å²) >= 11 is 0. The van der Waals surface area contributed by atoms with Gasteiger partial charge < -0.3 is 34.3 Å². The summed E-state index contributed by atoms with van der Waals surface area (Å²) in [4.78, 5) is 43.5. The molecule has 1 aromatic carbocycles. The van der Waals surface area contributed by atoms with Gasteiger partial charge in [0.25, 0.3) is 0 Å². The standard InChI is InChI=1S/C47H68N2O8/c1-6-8-12-21-47(22-13-9-7-2)55-39-29-33(43(52)49-25-14-17-37(49)42(51)48-24-26-50)28-38(41(39)57-47)54-44(53)34-16-11-10-15-31(34)27-32-18-19-40-46(5,56-40)23-20-36-35(32)30-45(36,3)4/h10-11,15-16,27,29,35-41,50H,6-9,12-14,17-26,28,30H2,1-5H3,(H,48,51). The summed E-state index contributed by atoms with van der Waals surface area (Å²) in [7, 11) is 0. The van der Waals surface area contributed by atoms with Crippen LogP contribution in [0.5, 0.6) is 0 Å². The number of carbonyl (C=O) groups is 3. The molecule has 2 saturated carbocycles. The maximum Gasteiger partial charge on any atom is 0.339 e. The van der Waals surface area contributed by atoms with Crippen LogP contribution in [-0.2, 0) is 28.5 Å². The molecule has 10 heteroatoms. The van der Waals surface area contributed by atoms with Crippen molar-refractivity contribution < 1.29 is 38.4 Å². The first-order valence-corrected chi connectivity index (χ1v) is 22.3. The topological polar surface area (TPSA) is 127 Å². The fraction of sp³-hybridized carbons (Fsp3) is 0.723. The molecule has 7 rings (SSSR count). The van der Waals surface area contributed by atoms with Crippen LogP contribution in [-0.4, -0.2) is 89.3 Å². The van der Waals surface area contributed by atoms with Gasteiger partial charge in [-0.05, 0) is 99.7 Å². The number of hydrogen-bond acceptors (Lipinski definition) is 8. The van der Waals surface area contributed by atoms with E-state index in [1.165, 1.54) is 5.57 Å². The molecule has 3 heterocycles. The number of amides is 2. The van der Waals surface area contributed by atoms with Crippen LogP contribution >= 0.6 is 0 Å². The number of aliphatic hydroxyl groups is 1. The average Bonchev–Trinajstić information content (AvgIpc) is 3.48. The second-order valence-electron chi connectivity index (χ2n) is 18.7. The number of allylic oxidation sites excluding steroid dienone is 1. The van der Waals surface area contributed by atoms with E-state index in [9.17, 15) is 19.5 Å². The third-order valence-electron chi connectivity index (χ3n) is 14.2. The van der Waals surface area contributed by atoms with Crippen molar-refractivity contribution in [1.29, 1.82) is 0 Å². The fourth-order valence-electron chi connectivity index (χ4n) is 10.8. The monoisotopic (exact) mass is 788 g/mol. The van der Waals surface area contributed by atoms with Crippen molar-refractivity contribution in [3.8, 4) is 0 Å². The van der Waals surface area contributed by atoms with Crippen molar-refractivity contribution in [2.24, 2.45) is 17.3 Å². The quantitative estimate of drug-likeness (QED) is 0.104. The Morgan fingerprint density at radius 1 is 0.982 bits per heavy atom. The number of esters is 1. The van der Waals surface area contributed by atoms with Crippen LogP contribution in [0.3, 0.4) is 0 Å². The second-order valence-corrected chi connectivity index (χ2v) is 18.7.